The minimum absolute atomic E-state index is 0.718. The molecule has 2 heteroatoms. The molecule has 1 rings (SSSR count). The SMILES string of the molecule is CC(C)=CCN(C)C1CCCC1CN. The molecular weight excluding hydrogens is 172 g/mol. The maximum absolute atomic E-state index is 5.78. The van der Waals surface area contributed by atoms with E-state index >= 15 is 0 Å². The number of rotatable bonds is 4. The highest BCUT2D eigenvalue weighted by molar-refractivity contribution is 4.96. The fourth-order valence-electron chi connectivity index (χ4n) is 2.33. The minimum atomic E-state index is 0.718. The lowest BCUT2D eigenvalue weighted by molar-refractivity contribution is 0.219. The number of nitrogens with two attached hydrogens (primary N) is 1. The summed E-state index contributed by atoms with van der Waals surface area (Å²) in [7, 11) is 2.22. The van der Waals surface area contributed by atoms with Gasteiger partial charge in [0.25, 0.3) is 0 Å². The van der Waals surface area contributed by atoms with Crippen LogP contribution in [0.1, 0.15) is 33.1 Å². The van der Waals surface area contributed by atoms with Crippen molar-refractivity contribution in [1.82, 2.24) is 4.90 Å². The van der Waals surface area contributed by atoms with Gasteiger partial charge in [0.2, 0.25) is 0 Å². The number of hydrogen-bond acceptors (Lipinski definition) is 2. The van der Waals surface area contributed by atoms with Crippen LogP contribution in [0, 0.1) is 5.92 Å². The topological polar surface area (TPSA) is 29.3 Å². The van der Waals surface area contributed by atoms with E-state index in [0.717, 1.165) is 25.0 Å². The second kappa shape index (κ2) is 5.52. The molecule has 2 nitrogen and oxygen atoms in total. The maximum Gasteiger partial charge on any atom is 0.0165 e. The van der Waals surface area contributed by atoms with Crippen LogP contribution < -0.4 is 5.73 Å². The Morgan fingerprint density at radius 1 is 1.43 bits per heavy atom. The molecule has 0 aliphatic heterocycles. The molecule has 82 valence electrons. The molecule has 1 fully saturated rings. The van der Waals surface area contributed by atoms with Gasteiger partial charge in [-0.15, -0.1) is 0 Å². The average molecular weight is 196 g/mol. The summed E-state index contributed by atoms with van der Waals surface area (Å²) in [6, 6.07) is 0.718. The van der Waals surface area contributed by atoms with E-state index in [2.05, 4.69) is 31.9 Å². The number of allylic oxidation sites excluding steroid dienone is 1. The third-order valence-corrected chi connectivity index (χ3v) is 3.28. The van der Waals surface area contributed by atoms with Gasteiger partial charge in [0.05, 0.1) is 0 Å². The molecule has 2 unspecified atom stereocenters. The van der Waals surface area contributed by atoms with Crippen molar-refractivity contribution < 1.29 is 0 Å². The van der Waals surface area contributed by atoms with E-state index in [9.17, 15) is 0 Å². The molecule has 14 heavy (non-hydrogen) atoms. The van der Waals surface area contributed by atoms with Crippen molar-refractivity contribution in [2.75, 3.05) is 20.1 Å². The Kier molecular flexibility index (Phi) is 4.63. The summed E-state index contributed by atoms with van der Waals surface area (Å²) in [5, 5.41) is 0. The Morgan fingerprint density at radius 2 is 2.14 bits per heavy atom. The summed E-state index contributed by atoms with van der Waals surface area (Å²) in [5.74, 6) is 0.727. The average Bonchev–Trinajstić information content (AvgIpc) is 2.61. The van der Waals surface area contributed by atoms with Gasteiger partial charge in [-0.3, -0.25) is 4.90 Å². The molecule has 0 aromatic heterocycles. The van der Waals surface area contributed by atoms with Gasteiger partial charge >= 0.3 is 0 Å². The summed E-state index contributed by atoms with van der Waals surface area (Å²) in [5.41, 5.74) is 7.18. The standard InChI is InChI=1S/C12H24N2/c1-10(2)7-8-14(3)12-6-4-5-11(12)9-13/h7,11-12H,4-6,8-9,13H2,1-3H3. The van der Waals surface area contributed by atoms with Gasteiger partial charge in [0.15, 0.2) is 0 Å². The predicted octanol–water partition coefficient (Wildman–Crippen LogP) is 2.01. The highest BCUT2D eigenvalue weighted by Gasteiger charge is 2.28. The van der Waals surface area contributed by atoms with Crippen molar-refractivity contribution in [2.45, 2.75) is 39.2 Å². The third-order valence-electron chi connectivity index (χ3n) is 3.28. The molecule has 0 bridgehead atoms. The van der Waals surface area contributed by atoms with Crippen molar-refractivity contribution >= 4 is 0 Å². The van der Waals surface area contributed by atoms with Crippen LogP contribution in [0.15, 0.2) is 11.6 Å². The highest BCUT2D eigenvalue weighted by Crippen LogP contribution is 2.28. The van der Waals surface area contributed by atoms with Gasteiger partial charge in [-0.05, 0) is 46.2 Å². The Labute approximate surface area is 88.2 Å². The number of likely N-dealkylation sites (N-methyl/N-ethyl adjacent to an activating group) is 1. The summed E-state index contributed by atoms with van der Waals surface area (Å²) >= 11 is 0. The Morgan fingerprint density at radius 3 is 2.71 bits per heavy atom. The first kappa shape index (κ1) is 11.7. The number of hydrogen-bond donors (Lipinski definition) is 1. The van der Waals surface area contributed by atoms with Gasteiger partial charge in [0, 0.05) is 12.6 Å². The zero-order chi connectivity index (χ0) is 10.6. The van der Waals surface area contributed by atoms with Gasteiger partial charge in [-0.25, -0.2) is 0 Å². The van der Waals surface area contributed by atoms with Crippen LogP contribution in [0.25, 0.3) is 0 Å². The Balaban J connectivity index is 2.43. The Bertz CT molecular complexity index is 194. The van der Waals surface area contributed by atoms with E-state index in [1.807, 2.05) is 0 Å². The summed E-state index contributed by atoms with van der Waals surface area (Å²) in [6.45, 7) is 6.24. The lowest BCUT2D eigenvalue weighted by Gasteiger charge is -2.28. The molecule has 1 aliphatic carbocycles. The second-order valence-electron chi connectivity index (χ2n) is 4.72. The van der Waals surface area contributed by atoms with Crippen LogP contribution in [-0.4, -0.2) is 31.1 Å². The van der Waals surface area contributed by atoms with Crippen LogP contribution in [-0.2, 0) is 0 Å². The van der Waals surface area contributed by atoms with E-state index < -0.39 is 0 Å². The van der Waals surface area contributed by atoms with Crippen LogP contribution in [0.5, 0.6) is 0 Å². The fraction of sp³-hybridized carbons (Fsp3) is 0.833. The van der Waals surface area contributed by atoms with Gasteiger partial charge in [-0.1, -0.05) is 18.1 Å². The normalized spacial score (nSPS) is 26.9. The van der Waals surface area contributed by atoms with E-state index in [0.29, 0.717) is 0 Å². The Hall–Kier alpha value is -0.340. The van der Waals surface area contributed by atoms with Crippen molar-refractivity contribution in [3.05, 3.63) is 11.6 Å². The van der Waals surface area contributed by atoms with Gasteiger partial charge in [0.1, 0.15) is 0 Å². The molecule has 0 spiro atoms. The first-order chi connectivity index (χ1) is 6.65. The molecule has 2 N–H and O–H groups in total. The molecule has 0 aromatic rings. The first-order valence-electron chi connectivity index (χ1n) is 5.68. The van der Waals surface area contributed by atoms with Crippen molar-refractivity contribution in [3.63, 3.8) is 0 Å². The predicted molar refractivity (Wildman–Crippen MR) is 62.2 cm³/mol. The minimum Gasteiger partial charge on any atom is -0.330 e. The van der Waals surface area contributed by atoms with Gasteiger partial charge < -0.3 is 5.73 Å². The first-order valence-corrected chi connectivity index (χ1v) is 5.68. The lowest BCUT2D eigenvalue weighted by atomic mass is 10.0. The van der Waals surface area contributed by atoms with E-state index in [1.54, 1.807) is 0 Å². The largest absolute Gasteiger partial charge is 0.330 e. The van der Waals surface area contributed by atoms with Crippen molar-refractivity contribution in [1.29, 1.82) is 0 Å². The molecule has 0 heterocycles. The molecule has 0 radical (unpaired) electrons. The molecule has 0 amide bonds. The monoisotopic (exact) mass is 196 g/mol. The maximum atomic E-state index is 5.78. The third kappa shape index (κ3) is 3.10. The number of nitrogens with zero attached hydrogens (tertiary/aromatic N) is 1. The zero-order valence-corrected chi connectivity index (χ0v) is 9.79. The van der Waals surface area contributed by atoms with E-state index in [4.69, 9.17) is 5.73 Å². The molecule has 0 aromatic carbocycles. The summed E-state index contributed by atoms with van der Waals surface area (Å²) < 4.78 is 0. The van der Waals surface area contributed by atoms with E-state index in [1.165, 1.54) is 24.8 Å². The van der Waals surface area contributed by atoms with Crippen LogP contribution in [0.2, 0.25) is 0 Å². The second-order valence-corrected chi connectivity index (χ2v) is 4.72. The molecule has 1 saturated carbocycles. The van der Waals surface area contributed by atoms with Gasteiger partial charge in [-0.2, -0.15) is 0 Å². The van der Waals surface area contributed by atoms with Crippen molar-refractivity contribution in [3.8, 4) is 0 Å². The summed E-state index contributed by atoms with van der Waals surface area (Å²) in [4.78, 5) is 2.46. The molecular formula is C12H24N2. The molecule has 1 aliphatic rings. The quantitative estimate of drug-likeness (QED) is 0.697. The molecule has 2 atom stereocenters. The molecule has 0 saturated heterocycles. The summed E-state index contributed by atoms with van der Waals surface area (Å²) in [6.07, 6.45) is 6.30. The van der Waals surface area contributed by atoms with E-state index in [-0.39, 0.29) is 0 Å². The lowest BCUT2D eigenvalue weighted by Crippen LogP contribution is -2.37. The van der Waals surface area contributed by atoms with Crippen molar-refractivity contribution in [2.24, 2.45) is 11.7 Å². The van der Waals surface area contributed by atoms with Crippen LogP contribution >= 0.6 is 0 Å². The van der Waals surface area contributed by atoms with Crippen LogP contribution in [0.3, 0.4) is 0 Å². The zero-order valence-electron chi connectivity index (χ0n) is 9.79. The smallest absolute Gasteiger partial charge is 0.0165 e. The fourth-order valence-corrected chi connectivity index (χ4v) is 2.33. The highest BCUT2D eigenvalue weighted by atomic mass is 15.1. The van der Waals surface area contributed by atoms with Crippen LogP contribution in [0.4, 0.5) is 0 Å².